The van der Waals surface area contributed by atoms with Gasteiger partial charge in [0.2, 0.25) is 0 Å². The maximum Gasteiger partial charge on any atom is 0.304 e. The van der Waals surface area contributed by atoms with E-state index in [1.54, 1.807) is 0 Å². The van der Waals surface area contributed by atoms with Crippen LogP contribution in [0.5, 0.6) is 0 Å². The van der Waals surface area contributed by atoms with Crippen molar-refractivity contribution in [2.75, 3.05) is 0 Å². The van der Waals surface area contributed by atoms with Crippen LogP contribution in [0, 0.1) is 17.8 Å². The van der Waals surface area contributed by atoms with Crippen LogP contribution in [0.3, 0.4) is 0 Å². The van der Waals surface area contributed by atoms with Crippen LogP contribution in [0.15, 0.2) is 0 Å². The number of hydrogen-bond acceptors (Lipinski definition) is 2. The van der Waals surface area contributed by atoms with Gasteiger partial charge in [0, 0.05) is 6.04 Å². The Morgan fingerprint density at radius 3 is 2.13 bits per heavy atom. The van der Waals surface area contributed by atoms with Crippen molar-refractivity contribution in [1.82, 2.24) is 0 Å². The number of carbonyl (C=O) groups is 1. The lowest BCUT2D eigenvalue weighted by Crippen LogP contribution is -2.32. The number of hydrogen-bond donors (Lipinski definition) is 2. The molecular formula is C12H25NO2. The Kier molecular flexibility index (Phi) is 6.57. The molecule has 15 heavy (non-hydrogen) atoms. The molecule has 0 aliphatic rings. The molecule has 3 N–H and O–H groups in total. The van der Waals surface area contributed by atoms with Gasteiger partial charge in [-0.25, -0.2) is 0 Å². The van der Waals surface area contributed by atoms with E-state index in [2.05, 4.69) is 20.8 Å². The lowest BCUT2D eigenvalue weighted by atomic mass is 9.86. The van der Waals surface area contributed by atoms with Crippen LogP contribution in [-0.4, -0.2) is 17.1 Å². The fraction of sp³-hybridized carbons (Fsp3) is 0.917. The molecule has 0 rings (SSSR count). The van der Waals surface area contributed by atoms with E-state index in [9.17, 15) is 4.79 Å². The van der Waals surface area contributed by atoms with E-state index in [0.717, 1.165) is 6.42 Å². The van der Waals surface area contributed by atoms with Gasteiger partial charge in [-0.15, -0.1) is 0 Å². The van der Waals surface area contributed by atoms with Crippen LogP contribution in [0.4, 0.5) is 0 Å². The summed E-state index contributed by atoms with van der Waals surface area (Å²) in [5.74, 6) is 0.809. The van der Waals surface area contributed by atoms with Crippen LogP contribution in [0.1, 0.15) is 47.0 Å². The molecule has 3 unspecified atom stereocenters. The van der Waals surface area contributed by atoms with Gasteiger partial charge in [-0.2, -0.15) is 0 Å². The molecule has 0 heterocycles. The van der Waals surface area contributed by atoms with E-state index in [1.807, 2.05) is 6.92 Å². The second-order valence-corrected chi connectivity index (χ2v) is 5.21. The van der Waals surface area contributed by atoms with Crippen molar-refractivity contribution in [3.05, 3.63) is 0 Å². The van der Waals surface area contributed by atoms with Gasteiger partial charge in [-0.1, -0.05) is 27.7 Å². The third-order valence-corrected chi connectivity index (χ3v) is 2.79. The first-order valence-corrected chi connectivity index (χ1v) is 5.80. The maximum absolute atomic E-state index is 10.5. The molecule has 3 nitrogen and oxygen atoms in total. The fourth-order valence-corrected chi connectivity index (χ4v) is 2.11. The number of carboxylic acid groups (broad SMARTS) is 1. The molecule has 0 aliphatic heterocycles. The summed E-state index contributed by atoms with van der Waals surface area (Å²) in [6.07, 6.45) is 2.28. The predicted molar refractivity (Wildman–Crippen MR) is 62.6 cm³/mol. The highest BCUT2D eigenvalue weighted by Crippen LogP contribution is 2.21. The van der Waals surface area contributed by atoms with Crippen molar-refractivity contribution in [2.24, 2.45) is 23.5 Å². The molecule has 0 saturated carbocycles. The molecule has 0 saturated heterocycles. The van der Waals surface area contributed by atoms with Crippen molar-refractivity contribution < 1.29 is 9.90 Å². The molecule has 0 bridgehead atoms. The average molecular weight is 215 g/mol. The molecule has 0 spiro atoms. The minimum atomic E-state index is -0.800. The molecule has 0 radical (unpaired) electrons. The van der Waals surface area contributed by atoms with Crippen molar-refractivity contribution in [3.8, 4) is 0 Å². The van der Waals surface area contributed by atoms with Crippen molar-refractivity contribution in [2.45, 2.75) is 53.0 Å². The van der Waals surface area contributed by atoms with Crippen LogP contribution >= 0.6 is 0 Å². The number of rotatable bonds is 7. The minimum Gasteiger partial charge on any atom is -0.481 e. The molecule has 90 valence electrons. The Balaban J connectivity index is 3.89. The Hall–Kier alpha value is -0.570. The van der Waals surface area contributed by atoms with Gasteiger partial charge in [0.1, 0.15) is 0 Å². The van der Waals surface area contributed by atoms with Crippen molar-refractivity contribution in [1.29, 1.82) is 0 Å². The molecule has 3 atom stereocenters. The molecule has 0 aliphatic carbocycles. The summed E-state index contributed by atoms with van der Waals surface area (Å²) < 4.78 is 0. The molecule has 0 aromatic heterocycles. The smallest absolute Gasteiger partial charge is 0.304 e. The lowest BCUT2D eigenvalue weighted by Gasteiger charge is -2.23. The molecular weight excluding hydrogens is 190 g/mol. The van der Waals surface area contributed by atoms with E-state index in [1.165, 1.54) is 6.42 Å². The lowest BCUT2D eigenvalue weighted by molar-refractivity contribution is -0.137. The highest BCUT2D eigenvalue weighted by Gasteiger charge is 2.18. The molecule has 0 amide bonds. The minimum absolute atomic E-state index is 0.0789. The highest BCUT2D eigenvalue weighted by molar-refractivity contribution is 5.67. The van der Waals surface area contributed by atoms with Gasteiger partial charge in [0.15, 0.2) is 0 Å². The van der Waals surface area contributed by atoms with E-state index < -0.39 is 5.97 Å². The van der Waals surface area contributed by atoms with Crippen LogP contribution < -0.4 is 5.73 Å². The van der Waals surface area contributed by atoms with Gasteiger partial charge in [0.25, 0.3) is 0 Å². The summed E-state index contributed by atoms with van der Waals surface area (Å²) in [4.78, 5) is 10.5. The second kappa shape index (κ2) is 6.83. The SMILES string of the molecule is CC(C)CC(C)CC(C)C(N)CC(=O)O. The van der Waals surface area contributed by atoms with E-state index in [4.69, 9.17) is 10.8 Å². The summed E-state index contributed by atoms with van der Waals surface area (Å²) in [5.41, 5.74) is 5.82. The first kappa shape index (κ1) is 14.4. The Morgan fingerprint density at radius 1 is 1.20 bits per heavy atom. The van der Waals surface area contributed by atoms with Crippen LogP contribution in [0.25, 0.3) is 0 Å². The van der Waals surface area contributed by atoms with Crippen molar-refractivity contribution in [3.63, 3.8) is 0 Å². The largest absolute Gasteiger partial charge is 0.481 e. The van der Waals surface area contributed by atoms with Gasteiger partial charge >= 0.3 is 5.97 Å². The molecule has 0 fully saturated rings. The van der Waals surface area contributed by atoms with Gasteiger partial charge in [-0.05, 0) is 30.6 Å². The zero-order chi connectivity index (χ0) is 12.0. The first-order valence-electron chi connectivity index (χ1n) is 5.80. The van der Waals surface area contributed by atoms with E-state index in [0.29, 0.717) is 11.8 Å². The standard InChI is InChI=1S/C12H25NO2/c1-8(2)5-9(3)6-10(4)11(13)7-12(14)15/h8-11H,5-7,13H2,1-4H3,(H,14,15). The first-order chi connectivity index (χ1) is 6.82. The molecule has 3 heteroatoms. The van der Waals surface area contributed by atoms with Crippen LogP contribution in [0.2, 0.25) is 0 Å². The summed E-state index contributed by atoms with van der Waals surface area (Å²) in [6.45, 7) is 8.67. The summed E-state index contributed by atoms with van der Waals surface area (Å²) >= 11 is 0. The van der Waals surface area contributed by atoms with E-state index >= 15 is 0 Å². The monoisotopic (exact) mass is 215 g/mol. The maximum atomic E-state index is 10.5. The molecule has 0 aromatic rings. The summed E-state index contributed by atoms with van der Waals surface area (Å²) in [7, 11) is 0. The van der Waals surface area contributed by atoms with Gasteiger partial charge in [0.05, 0.1) is 6.42 Å². The third kappa shape index (κ3) is 7.37. The molecule has 0 aromatic carbocycles. The number of nitrogens with two attached hydrogens (primary N) is 1. The normalized spacial score (nSPS) is 17.5. The van der Waals surface area contributed by atoms with Crippen LogP contribution in [-0.2, 0) is 4.79 Å². The quantitative estimate of drug-likeness (QED) is 0.686. The summed E-state index contributed by atoms with van der Waals surface area (Å²) in [5, 5.41) is 8.63. The fourth-order valence-electron chi connectivity index (χ4n) is 2.11. The van der Waals surface area contributed by atoms with Gasteiger partial charge < -0.3 is 10.8 Å². The predicted octanol–water partition coefficient (Wildman–Crippen LogP) is 2.50. The Morgan fingerprint density at radius 2 is 1.73 bits per heavy atom. The Bertz CT molecular complexity index is 192. The highest BCUT2D eigenvalue weighted by atomic mass is 16.4. The zero-order valence-electron chi connectivity index (χ0n) is 10.4. The second-order valence-electron chi connectivity index (χ2n) is 5.21. The number of carboxylic acids is 1. The number of aliphatic carboxylic acids is 1. The van der Waals surface area contributed by atoms with Gasteiger partial charge in [-0.3, -0.25) is 4.79 Å². The average Bonchev–Trinajstić information content (AvgIpc) is 2.00. The Labute approximate surface area is 93.0 Å². The zero-order valence-corrected chi connectivity index (χ0v) is 10.4. The topological polar surface area (TPSA) is 63.3 Å². The van der Waals surface area contributed by atoms with Crippen molar-refractivity contribution >= 4 is 5.97 Å². The third-order valence-electron chi connectivity index (χ3n) is 2.79. The summed E-state index contributed by atoms with van der Waals surface area (Å²) in [6, 6.07) is -0.211. The van der Waals surface area contributed by atoms with E-state index in [-0.39, 0.29) is 18.4 Å².